The summed E-state index contributed by atoms with van der Waals surface area (Å²) in [6.07, 6.45) is 6.55. The summed E-state index contributed by atoms with van der Waals surface area (Å²) in [5.74, 6) is 0.652. The van der Waals surface area contributed by atoms with Crippen LogP contribution in [0.15, 0.2) is 12.7 Å². The van der Waals surface area contributed by atoms with E-state index in [0.717, 1.165) is 0 Å². The molecule has 5 heteroatoms. The number of hydrogen-bond acceptors (Lipinski definition) is 3. The summed E-state index contributed by atoms with van der Waals surface area (Å²) in [7, 11) is 0. The number of hydrogen-bond donors (Lipinski definition) is 3. The number of terminal acetylenes is 1. The highest BCUT2D eigenvalue weighted by Gasteiger charge is 2.17. The molecule has 0 aliphatic carbocycles. The number of nitrogens with one attached hydrogen (secondary N) is 2. The van der Waals surface area contributed by atoms with E-state index in [0.29, 0.717) is 6.54 Å². The smallest absolute Gasteiger partial charge is 0.327 e. The first kappa shape index (κ1) is 13.2. The lowest BCUT2D eigenvalue weighted by atomic mass is 10.2. The van der Waals surface area contributed by atoms with Crippen LogP contribution in [0.1, 0.15) is 6.42 Å². The Morgan fingerprint density at radius 3 is 2.73 bits per heavy atom. The second kappa shape index (κ2) is 7.59. The number of carbonyl (C=O) groups is 2. The van der Waals surface area contributed by atoms with E-state index in [2.05, 4.69) is 23.1 Å². The van der Waals surface area contributed by atoms with Gasteiger partial charge < -0.3 is 15.7 Å². The topological polar surface area (TPSA) is 78.4 Å². The Kier molecular flexibility index (Phi) is 6.68. The van der Waals surface area contributed by atoms with Gasteiger partial charge in [-0.25, -0.2) is 4.79 Å². The summed E-state index contributed by atoms with van der Waals surface area (Å²) in [6, 6.07) is -1.02. The monoisotopic (exact) mass is 210 g/mol. The largest absolute Gasteiger partial charge is 0.480 e. The normalized spacial score (nSPS) is 11.1. The fourth-order valence-electron chi connectivity index (χ4n) is 0.851. The zero-order chi connectivity index (χ0) is 11.7. The Hall–Kier alpha value is -1.80. The van der Waals surface area contributed by atoms with Crippen LogP contribution in [0.2, 0.25) is 0 Å². The van der Waals surface area contributed by atoms with Crippen LogP contribution >= 0.6 is 0 Å². The van der Waals surface area contributed by atoms with Crippen molar-refractivity contribution in [2.24, 2.45) is 0 Å². The molecule has 0 aliphatic heterocycles. The molecule has 0 spiro atoms. The standard InChI is InChI=1S/C10H14N2O3/c1-3-5-8(10(14)15)12-9(13)7-11-6-4-2/h1,4,8,11H,2,5-7H2,(H,12,13)(H,14,15). The second-order valence-corrected chi connectivity index (χ2v) is 2.79. The van der Waals surface area contributed by atoms with Gasteiger partial charge in [-0.3, -0.25) is 4.79 Å². The maximum Gasteiger partial charge on any atom is 0.327 e. The van der Waals surface area contributed by atoms with Crippen molar-refractivity contribution in [3.05, 3.63) is 12.7 Å². The lowest BCUT2D eigenvalue weighted by Crippen LogP contribution is -2.44. The van der Waals surface area contributed by atoms with Gasteiger partial charge in [-0.15, -0.1) is 18.9 Å². The Balaban J connectivity index is 3.95. The second-order valence-electron chi connectivity index (χ2n) is 2.79. The highest BCUT2D eigenvalue weighted by molar-refractivity contribution is 5.84. The number of aliphatic carboxylic acids is 1. The van der Waals surface area contributed by atoms with Gasteiger partial charge in [0.15, 0.2) is 0 Å². The molecule has 0 bridgehead atoms. The Morgan fingerprint density at radius 1 is 1.60 bits per heavy atom. The molecule has 0 saturated carbocycles. The van der Waals surface area contributed by atoms with Crippen LogP contribution in [-0.4, -0.2) is 36.1 Å². The van der Waals surface area contributed by atoms with Crippen LogP contribution in [0.25, 0.3) is 0 Å². The van der Waals surface area contributed by atoms with Gasteiger partial charge in [0.05, 0.1) is 6.54 Å². The predicted molar refractivity (Wildman–Crippen MR) is 56.1 cm³/mol. The van der Waals surface area contributed by atoms with Gasteiger partial charge in [-0.2, -0.15) is 0 Å². The summed E-state index contributed by atoms with van der Waals surface area (Å²) in [5.41, 5.74) is 0. The number of carboxylic acids is 1. The molecule has 15 heavy (non-hydrogen) atoms. The number of carbonyl (C=O) groups excluding carboxylic acids is 1. The number of amides is 1. The third-order valence-corrected chi connectivity index (χ3v) is 1.53. The molecule has 0 fully saturated rings. The Bertz CT molecular complexity index is 281. The maximum atomic E-state index is 11.2. The number of rotatable bonds is 7. The van der Waals surface area contributed by atoms with E-state index >= 15 is 0 Å². The molecule has 0 aliphatic rings. The van der Waals surface area contributed by atoms with Crippen molar-refractivity contribution in [1.82, 2.24) is 10.6 Å². The lowest BCUT2D eigenvalue weighted by molar-refractivity contribution is -0.141. The summed E-state index contributed by atoms with van der Waals surface area (Å²) >= 11 is 0. The molecule has 1 amide bonds. The van der Waals surface area contributed by atoms with Gasteiger partial charge in [-0.05, 0) is 0 Å². The first-order valence-electron chi connectivity index (χ1n) is 4.39. The van der Waals surface area contributed by atoms with Crippen LogP contribution in [-0.2, 0) is 9.59 Å². The summed E-state index contributed by atoms with van der Waals surface area (Å²) in [5, 5.41) is 13.7. The van der Waals surface area contributed by atoms with E-state index in [9.17, 15) is 9.59 Å². The van der Waals surface area contributed by atoms with Crippen molar-refractivity contribution in [2.45, 2.75) is 12.5 Å². The quantitative estimate of drug-likeness (QED) is 0.296. The molecule has 0 aromatic carbocycles. The molecular formula is C10H14N2O3. The molecule has 1 unspecified atom stereocenters. The predicted octanol–water partition coefficient (Wildman–Crippen LogP) is -0.645. The average Bonchev–Trinajstić information content (AvgIpc) is 2.17. The van der Waals surface area contributed by atoms with Crippen molar-refractivity contribution >= 4 is 11.9 Å². The third-order valence-electron chi connectivity index (χ3n) is 1.53. The summed E-state index contributed by atoms with van der Waals surface area (Å²) in [6.45, 7) is 3.99. The van der Waals surface area contributed by atoms with E-state index in [1.165, 1.54) is 0 Å². The molecule has 1 atom stereocenters. The SMILES string of the molecule is C#CCC(NC(=O)CNCC=C)C(=O)O. The Labute approximate surface area is 88.6 Å². The van der Waals surface area contributed by atoms with Crippen LogP contribution in [0.4, 0.5) is 0 Å². The van der Waals surface area contributed by atoms with E-state index < -0.39 is 17.9 Å². The number of carboxylic acid groups (broad SMARTS) is 1. The van der Waals surface area contributed by atoms with Gasteiger partial charge in [0.2, 0.25) is 5.91 Å². The van der Waals surface area contributed by atoms with E-state index in [4.69, 9.17) is 11.5 Å². The zero-order valence-corrected chi connectivity index (χ0v) is 8.32. The van der Waals surface area contributed by atoms with Crippen LogP contribution in [0.3, 0.4) is 0 Å². The van der Waals surface area contributed by atoms with Gasteiger partial charge >= 0.3 is 5.97 Å². The van der Waals surface area contributed by atoms with Gasteiger partial charge in [-0.1, -0.05) is 6.08 Å². The van der Waals surface area contributed by atoms with Crippen molar-refractivity contribution in [2.75, 3.05) is 13.1 Å². The molecule has 5 nitrogen and oxygen atoms in total. The van der Waals surface area contributed by atoms with Crippen LogP contribution in [0, 0.1) is 12.3 Å². The lowest BCUT2D eigenvalue weighted by Gasteiger charge is -2.11. The minimum atomic E-state index is -1.13. The highest BCUT2D eigenvalue weighted by Crippen LogP contribution is 1.90. The van der Waals surface area contributed by atoms with Crippen molar-refractivity contribution < 1.29 is 14.7 Å². The van der Waals surface area contributed by atoms with E-state index in [1.54, 1.807) is 6.08 Å². The van der Waals surface area contributed by atoms with Crippen molar-refractivity contribution in [3.63, 3.8) is 0 Å². The van der Waals surface area contributed by atoms with Gasteiger partial charge in [0.1, 0.15) is 6.04 Å². The minimum Gasteiger partial charge on any atom is -0.480 e. The van der Waals surface area contributed by atoms with Gasteiger partial charge in [0.25, 0.3) is 0 Å². The van der Waals surface area contributed by atoms with E-state index in [-0.39, 0.29) is 13.0 Å². The summed E-state index contributed by atoms with van der Waals surface area (Å²) < 4.78 is 0. The molecule has 3 N–H and O–H groups in total. The minimum absolute atomic E-state index is 0.0253. The first-order chi connectivity index (χ1) is 7.11. The van der Waals surface area contributed by atoms with Crippen molar-refractivity contribution in [1.29, 1.82) is 0 Å². The Morgan fingerprint density at radius 2 is 2.27 bits per heavy atom. The van der Waals surface area contributed by atoms with Gasteiger partial charge in [0, 0.05) is 13.0 Å². The molecule has 0 aromatic heterocycles. The fraction of sp³-hybridized carbons (Fsp3) is 0.400. The fourth-order valence-corrected chi connectivity index (χ4v) is 0.851. The maximum absolute atomic E-state index is 11.2. The van der Waals surface area contributed by atoms with Crippen molar-refractivity contribution in [3.8, 4) is 12.3 Å². The molecule has 0 rings (SSSR count). The summed E-state index contributed by atoms with van der Waals surface area (Å²) in [4.78, 5) is 21.8. The molecule has 0 aromatic rings. The molecular weight excluding hydrogens is 196 g/mol. The first-order valence-corrected chi connectivity index (χ1v) is 4.39. The van der Waals surface area contributed by atoms with Crippen LogP contribution in [0.5, 0.6) is 0 Å². The molecule has 0 heterocycles. The molecule has 0 saturated heterocycles. The molecule has 82 valence electrons. The van der Waals surface area contributed by atoms with E-state index in [1.807, 2.05) is 0 Å². The third kappa shape index (κ3) is 6.29. The molecule has 0 radical (unpaired) electrons. The van der Waals surface area contributed by atoms with Crippen LogP contribution < -0.4 is 10.6 Å². The zero-order valence-electron chi connectivity index (χ0n) is 8.32. The average molecular weight is 210 g/mol. The highest BCUT2D eigenvalue weighted by atomic mass is 16.4.